The molecule has 2 aromatic carbocycles. The van der Waals surface area contributed by atoms with Gasteiger partial charge in [-0.25, -0.2) is 0 Å². The quantitative estimate of drug-likeness (QED) is 0.302. The predicted octanol–water partition coefficient (Wildman–Crippen LogP) is 0.717. The van der Waals surface area contributed by atoms with Crippen molar-refractivity contribution in [3.8, 4) is 22.3 Å². The molecule has 1 aliphatic heterocycles. The number of fused-ring (bicyclic) bond motifs is 2. The molecule has 0 atom stereocenters. The first-order chi connectivity index (χ1) is 17.2. The SMILES string of the molecule is C=C[I-]c1ccc2c(-c3cnn4cc(-c5ccc(N6CCNCC6)cc5)cnc34)cc(=O)[nH]c2c1. The summed E-state index contributed by atoms with van der Waals surface area (Å²) in [6, 6.07) is 16.5. The van der Waals surface area contributed by atoms with Crippen LogP contribution < -0.4 is 37.0 Å². The summed E-state index contributed by atoms with van der Waals surface area (Å²) in [5.41, 5.74) is 6.42. The van der Waals surface area contributed by atoms with Crippen LogP contribution >= 0.6 is 0 Å². The van der Waals surface area contributed by atoms with Crippen LogP contribution in [-0.2, 0) is 0 Å². The van der Waals surface area contributed by atoms with Gasteiger partial charge in [-0.15, -0.1) is 0 Å². The molecular formula is C27H24IN6O-. The zero-order valence-corrected chi connectivity index (χ0v) is 21.2. The van der Waals surface area contributed by atoms with E-state index in [1.807, 2.05) is 16.5 Å². The average Bonchev–Trinajstić information content (AvgIpc) is 3.32. The molecule has 0 unspecified atom stereocenters. The van der Waals surface area contributed by atoms with Crippen LogP contribution in [0.5, 0.6) is 0 Å². The fourth-order valence-corrected chi connectivity index (χ4v) is 6.00. The number of rotatable bonds is 5. The Morgan fingerprint density at radius 1 is 0.971 bits per heavy atom. The summed E-state index contributed by atoms with van der Waals surface area (Å²) in [6.45, 7) is 7.94. The van der Waals surface area contributed by atoms with Crippen molar-refractivity contribution in [2.45, 2.75) is 0 Å². The van der Waals surface area contributed by atoms with E-state index >= 15 is 0 Å². The van der Waals surface area contributed by atoms with Gasteiger partial charge in [-0.1, -0.05) is 0 Å². The van der Waals surface area contributed by atoms with E-state index in [1.165, 1.54) is 9.26 Å². The standard InChI is InChI=1S/C27H24IN6O/c1-2-28-20-5-8-22-23(14-26(35)32-25(22)13-20)24-16-31-34-17-19(15-30-27(24)34)18-3-6-21(7-4-18)33-11-9-29-10-12-33/h2-8,13-17,29H,1,9-12H2,(H,32,35)/q-1. The van der Waals surface area contributed by atoms with E-state index in [1.54, 1.807) is 16.8 Å². The van der Waals surface area contributed by atoms with Gasteiger partial charge in [-0.3, -0.25) is 0 Å². The molecule has 6 rings (SSSR count). The van der Waals surface area contributed by atoms with Gasteiger partial charge in [-0.2, -0.15) is 0 Å². The third-order valence-corrected chi connectivity index (χ3v) is 8.17. The van der Waals surface area contributed by atoms with E-state index in [-0.39, 0.29) is 26.8 Å². The van der Waals surface area contributed by atoms with Gasteiger partial charge in [0.2, 0.25) is 0 Å². The van der Waals surface area contributed by atoms with Gasteiger partial charge in [0.15, 0.2) is 0 Å². The van der Waals surface area contributed by atoms with E-state index in [4.69, 9.17) is 4.98 Å². The Hall–Kier alpha value is -3.50. The third-order valence-electron chi connectivity index (χ3n) is 6.34. The molecule has 0 amide bonds. The Labute approximate surface area is 212 Å². The number of benzene rings is 2. The normalized spacial score (nSPS) is 14.1. The molecular weight excluding hydrogens is 551 g/mol. The number of aromatic amines is 1. The van der Waals surface area contributed by atoms with Crippen LogP contribution in [0.1, 0.15) is 0 Å². The van der Waals surface area contributed by atoms with E-state index < -0.39 is 0 Å². The zero-order valence-electron chi connectivity index (χ0n) is 19.0. The fraction of sp³-hybridized carbons (Fsp3) is 0.148. The number of halogens is 1. The van der Waals surface area contributed by atoms with Gasteiger partial charge in [0.1, 0.15) is 0 Å². The molecule has 2 N–H and O–H groups in total. The van der Waals surface area contributed by atoms with Gasteiger partial charge in [0, 0.05) is 31.9 Å². The molecule has 0 radical (unpaired) electrons. The molecule has 1 saturated heterocycles. The third kappa shape index (κ3) is 4.23. The molecule has 0 spiro atoms. The summed E-state index contributed by atoms with van der Waals surface area (Å²) in [4.78, 5) is 22.6. The molecule has 1 aliphatic rings. The molecule has 3 aromatic heterocycles. The second-order valence-corrected chi connectivity index (χ2v) is 11.2. The summed E-state index contributed by atoms with van der Waals surface area (Å²) in [6.07, 6.45) is 5.66. The topological polar surface area (TPSA) is 78.3 Å². The van der Waals surface area contributed by atoms with Crippen LogP contribution in [0.15, 0.2) is 82.6 Å². The number of hydrogen-bond donors (Lipinski definition) is 2. The monoisotopic (exact) mass is 575 g/mol. The Morgan fingerprint density at radius 2 is 1.80 bits per heavy atom. The average molecular weight is 575 g/mol. The van der Waals surface area contributed by atoms with Gasteiger partial charge < -0.3 is 10.2 Å². The Balaban J connectivity index is 1.36. The molecule has 0 saturated carbocycles. The number of nitrogens with zero attached hydrogens (tertiary/aromatic N) is 4. The maximum absolute atomic E-state index is 12.5. The summed E-state index contributed by atoms with van der Waals surface area (Å²) in [7, 11) is 0. The minimum absolute atomic E-state index is 0.137. The molecule has 5 aromatic rings. The van der Waals surface area contributed by atoms with Crippen LogP contribution in [0, 0.1) is 3.57 Å². The van der Waals surface area contributed by atoms with Gasteiger partial charge in [0.05, 0.1) is 0 Å². The molecule has 8 heteroatoms. The number of piperazine rings is 1. The molecule has 176 valence electrons. The van der Waals surface area contributed by atoms with E-state index in [9.17, 15) is 4.79 Å². The van der Waals surface area contributed by atoms with Crippen molar-refractivity contribution in [3.05, 3.63) is 91.7 Å². The van der Waals surface area contributed by atoms with E-state index in [0.29, 0.717) is 0 Å². The molecule has 1 fully saturated rings. The zero-order chi connectivity index (χ0) is 23.8. The first-order valence-corrected chi connectivity index (χ1v) is 13.8. The number of nitrogens with one attached hydrogen (secondary N) is 2. The number of H-pyrrole nitrogens is 1. The molecule has 35 heavy (non-hydrogen) atoms. The fourth-order valence-electron chi connectivity index (χ4n) is 4.61. The van der Waals surface area contributed by atoms with Crippen molar-refractivity contribution in [2.24, 2.45) is 0 Å². The molecule has 4 heterocycles. The number of pyridine rings is 1. The Bertz CT molecular complexity index is 1600. The van der Waals surface area contributed by atoms with Crippen molar-refractivity contribution >= 4 is 22.2 Å². The first kappa shape index (κ1) is 22.0. The van der Waals surface area contributed by atoms with Crippen LogP contribution in [0.4, 0.5) is 5.69 Å². The Kier molecular flexibility index (Phi) is 5.83. The van der Waals surface area contributed by atoms with Crippen molar-refractivity contribution in [1.82, 2.24) is 24.9 Å². The van der Waals surface area contributed by atoms with Crippen molar-refractivity contribution in [3.63, 3.8) is 0 Å². The van der Waals surface area contributed by atoms with Crippen molar-refractivity contribution in [2.75, 3.05) is 31.1 Å². The summed E-state index contributed by atoms with van der Waals surface area (Å²) in [5.74, 6) is 0. The second-order valence-electron chi connectivity index (χ2n) is 8.45. The summed E-state index contributed by atoms with van der Waals surface area (Å²) in [5, 5.41) is 8.94. The van der Waals surface area contributed by atoms with Crippen LogP contribution in [0.2, 0.25) is 0 Å². The van der Waals surface area contributed by atoms with Crippen LogP contribution in [0.3, 0.4) is 0 Å². The predicted molar refractivity (Wildman–Crippen MR) is 136 cm³/mol. The van der Waals surface area contributed by atoms with Crippen LogP contribution in [0.25, 0.3) is 38.8 Å². The minimum atomic E-state index is -0.265. The van der Waals surface area contributed by atoms with E-state index in [0.717, 1.165) is 65.0 Å². The maximum atomic E-state index is 12.5. The van der Waals surface area contributed by atoms with Crippen molar-refractivity contribution in [1.29, 1.82) is 0 Å². The van der Waals surface area contributed by atoms with Gasteiger partial charge in [0.25, 0.3) is 0 Å². The van der Waals surface area contributed by atoms with Crippen molar-refractivity contribution < 1.29 is 21.2 Å². The number of anilines is 1. The Morgan fingerprint density at radius 3 is 2.60 bits per heavy atom. The first-order valence-electron chi connectivity index (χ1n) is 11.5. The number of aromatic nitrogens is 4. The molecule has 0 aliphatic carbocycles. The summed E-state index contributed by atoms with van der Waals surface area (Å²) >= 11 is -0.265. The van der Waals surface area contributed by atoms with Gasteiger partial charge >= 0.3 is 159 Å². The molecule has 7 nitrogen and oxygen atoms in total. The second kappa shape index (κ2) is 9.27. The molecule has 0 bridgehead atoms. The van der Waals surface area contributed by atoms with Gasteiger partial charge in [-0.05, 0) is 12.1 Å². The van der Waals surface area contributed by atoms with Crippen LogP contribution in [-0.4, -0.2) is 45.8 Å². The van der Waals surface area contributed by atoms with E-state index in [2.05, 4.69) is 69.3 Å². The number of hydrogen-bond acceptors (Lipinski definition) is 5. The summed E-state index contributed by atoms with van der Waals surface area (Å²) < 4.78 is 4.97.